The standard InChI is InChI=1S/C47H33NO/c1-47(2)39-22-11-10-21-36(39)37-27-26-33(29-40(37)47)48(41-23-12-18-30-14-6-8-19-34(30)41)42-24-13-25-43-45(42)38-28-32-17-7-9-20-35(32)44(46(38)49-43)31-15-4-3-5-16-31/h3-29H,1-2H3. The molecule has 0 fully saturated rings. The molecule has 10 rings (SSSR count). The highest BCUT2D eigenvalue weighted by Gasteiger charge is 2.36. The van der Waals surface area contributed by atoms with Gasteiger partial charge in [-0.1, -0.05) is 141 Å². The summed E-state index contributed by atoms with van der Waals surface area (Å²) in [4.78, 5) is 2.45. The number of fused-ring (bicyclic) bond motifs is 8. The van der Waals surface area contributed by atoms with E-state index >= 15 is 0 Å². The van der Waals surface area contributed by atoms with Crippen LogP contribution in [0.3, 0.4) is 0 Å². The lowest BCUT2D eigenvalue weighted by atomic mass is 9.82. The topological polar surface area (TPSA) is 16.4 Å². The van der Waals surface area contributed by atoms with Crippen molar-refractivity contribution in [2.75, 3.05) is 4.90 Å². The Kier molecular flexibility index (Phi) is 5.95. The number of furan rings is 1. The molecule has 0 saturated heterocycles. The normalized spacial score (nSPS) is 13.3. The second-order valence-corrected chi connectivity index (χ2v) is 13.7. The largest absolute Gasteiger partial charge is 0.455 e. The number of hydrogen-bond acceptors (Lipinski definition) is 2. The summed E-state index contributed by atoms with van der Waals surface area (Å²) in [7, 11) is 0. The maximum atomic E-state index is 6.92. The van der Waals surface area contributed by atoms with Crippen LogP contribution in [0.1, 0.15) is 25.0 Å². The Morgan fingerprint density at radius 1 is 0.490 bits per heavy atom. The Bertz CT molecular complexity index is 2750. The maximum Gasteiger partial charge on any atom is 0.143 e. The summed E-state index contributed by atoms with van der Waals surface area (Å²) >= 11 is 0. The molecule has 0 atom stereocenters. The van der Waals surface area contributed by atoms with E-state index in [1.165, 1.54) is 43.8 Å². The van der Waals surface area contributed by atoms with Gasteiger partial charge < -0.3 is 9.32 Å². The van der Waals surface area contributed by atoms with Gasteiger partial charge in [-0.25, -0.2) is 0 Å². The van der Waals surface area contributed by atoms with Crippen molar-refractivity contribution >= 4 is 60.5 Å². The molecule has 1 aromatic heterocycles. The van der Waals surface area contributed by atoms with E-state index in [4.69, 9.17) is 4.42 Å². The zero-order chi connectivity index (χ0) is 32.7. The summed E-state index contributed by atoms with van der Waals surface area (Å²) in [5.74, 6) is 0. The van der Waals surface area contributed by atoms with E-state index in [1.807, 2.05) is 0 Å². The molecule has 1 aliphatic carbocycles. The second kappa shape index (κ2) is 10.4. The van der Waals surface area contributed by atoms with Crippen LogP contribution in [0.4, 0.5) is 17.1 Å². The average Bonchev–Trinajstić information content (AvgIpc) is 3.63. The Morgan fingerprint density at radius 3 is 2.04 bits per heavy atom. The second-order valence-electron chi connectivity index (χ2n) is 13.7. The molecule has 0 aliphatic heterocycles. The van der Waals surface area contributed by atoms with Gasteiger partial charge in [-0.3, -0.25) is 0 Å². The molecule has 0 radical (unpaired) electrons. The predicted octanol–water partition coefficient (Wildman–Crippen LogP) is 13.3. The molecular formula is C47H33NO. The van der Waals surface area contributed by atoms with E-state index in [9.17, 15) is 0 Å². The monoisotopic (exact) mass is 627 g/mol. The Hall–Kier alpha value is -6.12. The summed E-state index contributed by atoms with van der Waals surface area (Å²) in [5, 5.41) is 7.01. The first kappa shape index (κ1) is 27.9. The molecule has 9 aromatic rings. The number of benzene rings is 8. The van der Waals surface area contributed by atoms with Gasteiger partial charge in [0.2, 0.25) is 0 Å². The molecule has 8 aromatic carbocycles. The van der Waals surface area contributed by atoms with E-state index < -0.39 is 0 Å². The van der Waals surface area contributed by atoms with Gasteiger partial charge in [0.1, 0.15) is 11.2 Å². The molecule has 0 N–H and O–H groups in total. The van der Waals surface area contributed by atoms with Crippen molar-refractivity contribution in [1.29, 1.82) is 0 Å². The van der Waals surface area contributed by atoms with Gasteiger partial charge in [0.25, 0.3) is 0 Å². The molecule has 1 heterocycles. The van der Waals surface area contributed by atoms with Gasteiger partial charge in [-0.05, 0) is 80.4 Å². The minimum Gasteiger partial charge on any atom is -0.455 e. The molecule has 2 heteroatoms. The van der Waals surface area contributed by atoms with Crippen molar-refractivity contribution in [2.45, 2.75) is 19.3 Å². The molecule has 0 saturated carbocycles. The summed E-state index contributed by atoms with van der Waals surface area (Å²) in [6.45, 7) is 4.70. The van der Waals surface area contributed by atoms with Gasteiger partial charge >= 0.3 is 0 Å². The van der Waals surface area contributed by atoms with E-state index in [-0.39, 0.29) is 5.41 Å². The predicted molar refractivity (Wildman–Crippen MR) is 206 cm³/mol. The number of anilines is 3. The highest BCUT2D eigenvalue weighted by Crippen LogP contribution is 2.52. The van der Waals surface area contributed by atoms with Crippen LogP contribution < -0.4 is 4.90 Å². The van der Waals surface area contributed by atoms with Crippen molar-refractivity contribution in [2.24, 2.45) is 0 Å². The first-order chi connectivity index (χ1) is 24.1. The van der Waals surface area contributed by atoms with Crippen molar-refractivity contribution in [1.82, 2.24) is 0 Å². The third-order valence-corrected chi connectivity index (χ3v) is 10.6. The maximum absolute atomic E-state index is 6.92. The molecule has 1 aliphatic rings. The van der Waals surface area contributed by atoms with Crippen molar-refractivity contribution < 1.29 is 4.42 Å². The van der Waals surface area contributed by atoms with Gasteiger partial charge in [0, 0.05) is 27.4 Å². The summed E-state index contributed by atoms with van der Waals surface area (Å²) in [5.41, 5.74) is 12.7. The lowest BCUT2D eigenvalue weighted by molar-refractivity contribution is 0.660. The molecule has 0 amide bonds. The lowest BCUT2D eigenvalue weighted by Crippen LogP contribution is -2.16. The highest BCUT2D eigenvalue weighted by atomic mass is 16.3. The van der Waals surface area contributed by atoms with Crippen LogP contribution in [0.15, 0.2) is 168 Å². The molecular weight excluding hydrogens is 595 g/mol. The SMILES string of the molecule is CC1(C)c2ccccc2-c2ccc(N(c3cccc4ccccc34)c3cccc4oc5c(-c6ccccc6)c6ccccc6cc5c34)cc21. The third kappa shape index (κ3) is 4.07. The summed E-state index contributed by atoms with van der Waals surface area (Å²) in [6, 6.07) is 59.3. The van der Waals surface area contributed by atoms with Crippen LogP contribution in [0.25, 0.3) is 65.7 Å². The fraction of sp³-hybridized carbons (Fsp3) is 0.0638. The Labute approximate surface area is 285 Å². The Balaban J connectivity index is 1.30. The van der Waals surface area contributed by atoms with Crippen LogP contribution in [0.2, 0.25) is 0 Å². The lowest BCUT2D eigenvalue weighted by Gasteiger charge is -2.29. The smallest absolute Gasteiger partial charge is 0.143 e. The molecule has 49 heavy (non-hydrogen) atoms. The quantitative estimate of drug-likeness (QED) is 0.193. The van der Waals surface area contributed by atoms with Crippen molar-refractivity contribution in [3.63, 3.8) is 0 Å². The first-order valence-corrected chi connectivity index (χ1v) is 17.0. The van der Waals surface area contributed by atoms with E-state index in [0.29, 0.717) is 0 Å². The van der Waals surface area contributed by atoms with Crippen LogP contribution in [-0.4, -0.2) is 0 Å². The molecule has 232 valence electrons. The Morgan fingerprint density at radius 2 is 1.16 bits per heavy atom. The van der Waals surface area contributed by atoms with Gasteiger partial charge in [-0.2, -0.15) is 0 Å². The van der Waals surface area contributed by atoms with Crippen molar-refractivity contribution in [3.8, 4) is 22.3 Å². The summed E-state index contributed by atoms with van der Waals surface area (Å²) in [6.07, 6.45) is 0. The number of nitrogens with zero attached hydrogens (tertiary/aromatic N) is 1. The van der Waals surface area contributed by atoms with Crippen LogP contribution >= 0.6 is 0 Å². The third-order valence-electron chi connectivity index (χ3n) is 10.6. The summed E-state index contributed by atoms with van der Waals surface area (Å²) < 4.78 is 6.92. The highest BCUT2D eigenvalue weighted by molar-refractivity contribution is 6.22. The van der Waals surface area contributed by atoms with E-state index in [2.05, 4.69) is 183 Å². The number of hydrogen-bond donors (Lipinski definition) is 0. The van der Waals surface area contributed by atoms with Gasteiger partial charge in [0.15, 0.2) is 0 Å². The van der Waals surface area contributed by atoms with Crippen LogP contribution in [0.5, 0.6) is 0 Å². The molecule has 0 spiro atoms. The van der Waals surface area contributed by atoms with E-state index in [0.717, 1.165) is 50.1 Å². The zero-order valence-electron chi connectivity index (χ0n) is 27.4. The molecule has 0 unspecified atom stereocenters. The fourth-order valence-corrected chi connectivity index (χ4v) is 8.33. The zero-order valence-corrected chi connectivity index (χ0v) is 27.4. The van der Waals surface area contributed by atoms with Crippen molar-refractivity contribution in [3.05, 3.63) is 175 Å². The fourth-order valence-electron chi connectivity index (χ4n) is 8.33. The van der Waals surface area contributed by atoms with Gasteiger partial charge in [0.05, 0.1) is 16.8 Å². The average molecular weight is 628 g/mol. The first-order valence-electron chi connectivity index (χ1n) is 17.0. The minimum absolute atomic E-state index is 0.121. The minimum atomic E-state index is -0.121. The van der Waals surface area contributed by atoms with E-state index in [1.54, 1.807) is 0 Å². The molecule has 2 nitrogen and oxygen atoms in total. The molecule has 0 bridgehead atoms. The van der Waals surface area contributed by atoms with Crippen LogP contribution in [-0.2, 0) is 5.41 Å². The number of rotatable bonds is 4. The van der Waals surface area contributed by atoms with Crippen LogP contribution in [0, 0.1) is 0 Å². The van der Waals surface area contributed by atoms with Gasteiger partial charge in [-0.15, -0.1) is 0 Å².